The Bertz CT molecular complexity index is 7430. The molecule has 18 rings (SSSR count). The van der Waals surface area contributed by atoms with Gasteiger partial charge in [0.25, 0.3) is 51.1 Å². The lowest BCUT2D eigenvalue weighted by atomic mass is 9.74. The fourth-order valence-corrected chi connectivity index (χ4v) is 16.3. The van der Waals surface area contributed by atoms with Gasteiger partial charge in [-0.05, 0) is 108 Å². The number of hydrogen-bond acceptors (Lipinski definition) is 28. The van der Waals surface area contributed by atoms with Crippen LogP contribution >= 0.6 is 34.8 Å². The van der Waals surface area contributed by atoms with Gasteiger partial charge in [0.2, 0.25) is 0 Å². The van der Waals surface area contributed by atoms with E-state index in [2.05, 4.69) is 69.9 Å². The van der Waals surface area contributed by atoms with Crippen molar-refractivity contribution in [3.05, 3.63) is 269 Å². The molecule has 4 saturated carbocycles. The van der Waals surface area contributed by atoms with E-state index in [1.807, 2.05) is 0 Å². The van der Waals surface area contributed by atoms with Gasteiger partial charge in [-0.15, -0.1) is 0 Å². The molecule has 0 bridgehead atoms. The Morgan fingerprint density at radius 3 is 0.671 bits per heavy atom. The summed E-state index contributed by atoms with van der Waals surface area (Å²) in [4.78, 5) is 113. The van der Waals surface area contributed by atoms with Gasteiger partial charge in [-0.1, -0.05) is 47.6 Å². The quantitative estimate of drug-likeness (QED) is 0.0813. The van der Waals surface area contributed by atoms with E-state index in [1.165, 1.54) is 18.6 Å². The smallest absolute Gasteiger partial charge is 0.258 e. The topological polar surface area (TPSA) is 475 Å². The van der Waals surface area contributed by atoms with Crippen molar-refractivity contribution >= 4 is 74.6 Å². The molecule has 0 atom stereocenters. The molecular weight excluding hydrogens is 2210 g/mol. The molecule has 74 heteroatoms. The van der Waals surface area contributed by atoms with Gasteiger partial charge in [0.15, 0.2) is 72.1 Å². The monoisotopic (exact) mass is 2250 g/mol. The third-order valence-electron chi connectivity index (χ3n) is 23.0. The summed E-state index contributed by atoms with van der Waals surface area (Å²) in [5, 5.41) is 63.9. The SMILES string of the molecule is CC1(C)N=c2c(F)ccc([N+](=O)[O-])c2=N1.O=[N+]([O-])c1ccc(Cl)c2c1=NC(C(F)(F)F)(C(F)(F)F)N=2.O=[N+]([O-])c1ccc(Cl)c2c1=NC1(CCCCC1)N=2.O=[N+]([O-])c1ccc(Cl)c2c1=NC1(N=2)C(F)(F)C(F)(F)C(F)(F)C(F)(F)C1(F)F.O=[N+]([O-])c1ccc(F)c2c1=NC(C(F)(F)F)(C(F)(F)F)N=2.O=[N+]([O-])c1ccc(F)c2c1=NC1(CCCCC1)N=2.O=[N+]([O-])c1ccc(F)c2c1=NC1(N=2)C(F)(F)C(F)(F)C(F)(F)C(F)(F)C1(F)F. The Kier molecular flexibility index (Phi) is 27.8. The standard InChI is InChI=1S/C12H2ClF10N3O2.C12H12ClN3O2.C12H2F11N3O2.C12H12FN3O2.C9H2ClF6N3O2.C9H2F7N3O2.C9H8FN3O2/c13-3-1-2-4(26(27)28)6-5(3)24-12(25-6)10(20,21)8(16,17)7(14,15)9(18,19)11(12,22)23;13-8-4-5-9(16(17)18)11-10(8)14-12(15-11)6-2-1-3-7-12;13-3-1-2-4(26(27)28)6-5(3)24-12(25-6)10(20,21)8(16,17)7(14,15)9(18,19)11(12,22)23;13-8-4-5-9(16(17)18)11-10(8)14-12(15-11)6-2-1-3-7-12;2*10-3-1-2-4(19(20)21)6-5(3)17-7(18-6,8(11,12)13)9(14,15)16;1-9(2)11-7-5(10)3-4-6(13(14)15)8(7)12-9/h1-2H;4-5H,1-3,6-7H2;1-2H;4-5H,1-3,6-7H2;2*1-2H;3-4H,1-2H3. The predicted molar refractivity (Wildman–Crippen MR) is 413 cm³/mol. The summed E-state index contributed by atoms with van der Waals surface area (Å²) in [6.07, 6.45) is -14.3. The van der Waals surface area contributed by atoms with E-state index in [9.17, 15) is 229 Å². The maximum atomic E-state index is 14.3. The molecule has 0 saturated heterocycles. The van der Waals surface area contributed by atoms with Crippen LogP contribution in [0.25, 0.3) is 0 Å². The Balaban J connectivity index is 0.000000156. The predicted octanol–water partition coefficient (Wildman–Crippen LogP) is 14.9. The molecule has 4 spiro atoms. The van der Waals surface area contributed by atoms with Crippen LogP contribution in [0.1, 0.15) is 78.1 Å². The Hall–Kier alpha value is -14.1. The average Bonchev–Trinajstić information content (AvgIpc) is 1.62. The number of benzene rings is 7. The lowest BCUT2D eigenvalue weighted by Gasteiger charge is -2.51. The summed E-state index contributed by atoms with van der Waals surface area (Å²) >= 11 is 17.0. The number of fused-ring (bicyclic) bond motifs is 7. The van der Waals surface area contributed by atoms with Crippen molar-refractivity contribution in [3.8, 4) is 0 Å². The largest absolute Gasteiger partial charge is 0.443 e. The van der Waals surface area contributed by atoms with Crippen LogP contribution in [0.5, 0.6) is 0 Å². The number of nitro groups is 7. The molecule has 0 N–H and O–H groups in total. The molecular formula is C75H40Cl3F36N21O14. The maximum Gasteiger partial charge on any atom is 0.443 e. The van der Waals surface area contributed by atoms with Crippen LogP contribution in [-0.2, 0) is 0 Å². The molecule has 0 radical (unpaired) electrons. The summed E-state index contributed by atoms with van der Waals surface area (Å²) in [6.45, 7) is 3.33. The summed E-state index contributed by atoms with van der Waals surface area (Å²) in [6, 6.07) is 10.8. The first-order valence-corrected chi connectivity index (χ1v) is 40.9. The van der Waals surface area contributed by atoms with E-state index < -0.39 is 257 Å². The van der Waals surface area contributed by atoms with Gasteiger partial charge in [-0.3, -0.25) is 80.8 Å². The van der Waals surface area contributed by atoms with Crippen molar-refractivity contribution in [2.45, 2.75) is 202 Å². The fraction of sp³-hybridized carbons (Fsp3) is 0.440. The number of nitrogens with zero attached hydrogens (tertiary/aromatic N) is 21. The normalized spacial score (nSPS) is 21.3. The summed E-state index contributed by atoms with van der Waals surface area (Å²) in [5.74, 6) is -74.5. The molecule has 7 aliphatic heterocycles. The molecule has 0 amide bonds. The minimum Gasteiger partial charge on any atom is -0.258 e. The highest BCUT2D eigenvalue weighted by molar-refractivity contribution is 6.31. The van der Waals surface area contributed by atoms with Crippen LogP contribution in [0.3, 0.4) is 0 Å². The number of alkyl halides is 32. The first kappa shape index (κ1) is 114. The molecule has 7 aromatic carbocycles. The van der Waals surface area contributed by atoms with Crippen LogP contribution in [0.15, 0.2) is 155 Å². The minimum absolute atomic E-state index is 0.000554. The van der Waals surface area contributed by atoms with Gasteiger partial charge in [0.1, 0.15) is 43.2 Å². The second-order valence-electron chi connectivity index (χ2n) is 32.7. The van der Waals surface area contributed by atoms with E-state index in [4.69, 9.17) is 34.8 Å². The van der Waals surface area contributed by atoms with Crippen molar-refractivity contribution in [2.75, 3.05) is 0 Å². The molecule has 802 valence electrons. The van der Waals surface area contributed by atoms with Crippen LogP contribution < -0.4 is 75.0 Å². The summed E-state index contributed by atoms with van der Waals surface area (Å²) < 4.78 is 484. The van der Waals surface area contributed by atoms with Crippen LogP contribution in [0.2, 0.25) is 15.1 Å². The van der Waals surface area contributed by atoms with E-state index >= 15 is 0 Å². The van der Waals surface area contributed by atoms with E-state index in [-0.39, 0.29) is 50.6 Å². The third-order valence-corrected chi connectivity index (χ3v) is 23.9. The van der Waals surface area contributed by atoms with Crippen molar-refractivity contribution < 1.29 is 193 Å². The van der Waals surface area contributed by atoms with Gasteiger partial charge in [-0.25, -0.2) is 77.5 Å². The van der Waals surface area contributed by atoms with Crippen molar-refractivity contribution in [1.82, 2.24) is 0 Å². The molecule has 7 aromatic rings. The number of nitro benzene ring substituents is 7. The first-order valence-electron chi connectivity index (χ1n) is 39.8. The molecule has 0 aromatic heterocycles. The first-order chi connectivity index (χ1) is 67.8. The van der Waals surface area contributed by atoms with Gasteiger partial charge >= 0.3 is 95.3 Å². The van der Waals surface area contributed by atoms with Gasteiger partial charge in [-0.2, -0.15) is 140 Å². The van der Waals surface area contributed by atoms with E-state index in [0.717, 1.165) is 88.1 Å². The van der Waals surface area contributed by atoms with Gasteiger partial charge < -0.3 is 0 Å². The molecule has 4 fully saturated rings. The number of hydrogen-bond donors (Lipinski definition) is 0. The second-order valence-corrected chi connectivity index (χ2v) is 33.9. The van der Waals surface area contributed by atoms with Gasteiger partial charge in [0.05, 0.1) is 49.5 Å². The van der Waals surface area contributed by atoms with Crippen molar-refractivity contribution in [2.24, 2.45) is 69.9 Å². The highest BCUT2D eigenvalue weighted by Gasteiger charge is 3.03. The average molecular weight is 2250 g/mol. The zero-order chi connectivity index (χ0) is 113. The summed E-state index contributed by atoms with van der Waals surface area (Å²) in [5.41, 5.74) is -28.4. The zero-order valence-corrected chi connectivity index (χ0v) is 73.8. The minimum atomic E-state index is -7.28. The van der Waals surface area contributed by atoms with Crippen molar-refractivity contribution in [1.29, 1.82) is 0 Å². The second kappa shape index (κ2) is 36.4. The molecule has 149 heavy (non-hydrogen) atoms. The maximum absolute atomic E-state index is 14.3. The molecule has 0 unspecified atom stereocenters. The molecule has 7 heterocycles. The lowest BCUT2D eigenvalue weighted by molar-refractivity contribution is -0.466. The van der Waals surface area contributed by atoms with Crippen molar-refractivity contribution in [3.63, 3.8) is 0 Å². The highest BCUT2D eigenvalue weighted by Crippen LogP contribution is 2.72. The number of non-ortho nitro benzene ring substituents is 7. The third kappa shape index (κ3) is 17.3. The van der Waals surface area contributed by atoms with Crippen LogP contribution in [0, 0.1) is 94.1 Å². The van der Waals surface area contributed by atoms with E-state index in [1.54, 1.807) is 13.8 Å². The Morgan fingerprint density at radius 2 is 0.389 bits per heavy atom. The summed E-state index contributed by atoms with van der Waals surface area (Å²) in [7, 11) is 0. The molecule has 4 aliphatic carbocycles. The number of rotatable bonds is 7. The Morgan fingerprint density at radius 1 is 0.228 bits per heavy atom. The van der Waals surface area contributed by atoms with Gasteiger partial charge in [0, 0.05) is 42.5 Å². The lowest BCUT2D eigenvalue weighted by Crippen LogP contribution is -2.83. The fourth-order valence-electron chi connectivity index (χ4n) is 15.7. The van der Waals surface area contributed by atoms with Crippen LogP contribution in [-0.4, -0.2) is 158 Å². The molecule has 35 nitrogen and oxygen atoms in total. The molecule has 11 aliphatic rings. The highest BCUT2D eigenvalue weighted by atomic mass is 35.5. The van der Waals surface area contributed by atoms with E-state index in [0.29, 0.717) is 46.1 Å². The Labute approximate surface area is 805 Å². The van der Waals surface area contributed by atoms with Crippen LogP contribution in [0.4, 0.5) is 198 Å². The zero-order valence-electron chi connectivity index (χ0n) is 71.5. The number of halogens is 39.